The number of carbonyl (C=O) groups is 1. The van der Waals surface area contributed by atoms with E-state index < -0.39 is 0 Å². The van der Waals surface area contributed by atoms with Crippen LogP contribution in [0.25, 0.3) is 10.2 Å². The number of carbonyl (C=O) groups excluding carboxylic acids is 1. The monoisotopic (exact) mass is 305 g/mol. The molecule has 0 radical (unpaired) electrons. The third-order valence-corrected chi connectivity index (χ3v) is 5.53. The normalized spacial score (nSPS) is 28.0. The summed E-state index contributed by atoms with van der Waals surface area (Å²) in [6.07, 6.45) is 2.33. The number of benzene rings is 1. The van der Waals surface area contributed by atoms with Crippen LogP contribution in [0.1, 0.15) is 22.6 Å². The van der Waals surface area contributed by atoms with Crippen molar-refractivity contribution in [3.8, 4) is 0 Å². The van der Waals surface area contributed by atoms with Crippen LogP contribution >= 0.6 is 11.3 Å². The number of fused-ring (bicyclic) bond motifs is 4. The lowest BCUT2D eigenvalue weighted by Crippen LogP contribution is -2.57. The molecule has 3 fully saturated rings. The largest absolute Gasteiger partial charge is 0.346 e. The zero-order chi connectivity index (χ0) is 14.4. The first-order valence-corrected chi connectivity index (χ1v) is 8.10. The number of nitrogens with zero attached hydrogens (tertiary/aromatic N) is 2. The third kappa shape index (κ3) is 2.42. The summed E-state index contributed by atoms with van der Waals surface area (Å²) in [7, 11) is 0. The van der Waals surface area contributed by atoms with Crippen LogP contribution in [0.4, 0.5) is 4.39 Å². The van der Waals surface area contributed by atoms with Crippen LogP contribution in [0.5, 0.6) is 0 Å². The molecule has 2 bridgehead atoms. The predicted octanol–water partition coefficient (Wildman–Crippen LogP) is 2.26. The summed E-state index contributed by atoms with van der Waals surface area (Å²) in [6, 6.07) is 4.64. The Bertz CT molecular complexity index is 693. The highest BCUT2D eigenvalue weighted by atomic mass is 32.1. The Morgan fingerprint density at radius 3 is 2.90 bits per heavy atom. The van der Waals surface area contributed by atoms with Crippen LogP contribution in [0.2, 0.25) is 0 Å². The Morgan fingerprint density at radius 2 is 2.19 bits per heavy atom. The molecular weight excluding hydrogens is 289 g/mol. The minimum absolute atomic E-state index is 0.129. The number of hydrogen-bond acceptors (Lipinski definition) is 4. The molecule has 110 valence electrons. The lowest BCUT2D eigenvalue weighted by atomic mass is 9.84. The van der Waals surface area contributed by atoms with Gasteiger partial charge in [0.15, 0.2) is 5.01 Å². The van der Waals surface area contributed by atoms with Crippen molar-refractivity contribution < 1.29 is 9.18 Å². The first-order valence-electron chi connectivity index (χ1n) is 7.28. The maximum Gasteiger partial charge on any atom is 0.280 e. The summed E-state index contributed by atoms with van der Waals surface area (Å²) in [5, 5.41) is 3.54. The van der Waals surface area contributed by atoms with E-state index in [1.165, 1.54) is 23.5 Å². The molecule has 1 aromatic heterocycles. The van der Waals surface area contributed by atoms with E-state index in [1.54, 1.807) is 6.07 Å². The van der Waals surface area contributed by atoms with Crippen molar-refractivity contribution in [2.45, 2.75) is 18.9 Å². The lowest BCUT2D eigenvalue weighted by molar-refractivity contribution is 0.0620. The van der Waals surface area contributed by atoms with E-state index >= 15 is 0 Å². The fourth-order valence-corrected chi connectivity index (χ4v) is 4.25. The molecule has 2 aromatic rings. The standard InChI is InChI=1S/C15H16FN3OS/c16-10-1-2-11-13(7-10)21-15(18-11)14(20)17-12-8-19-5-3-9(12)4-6-19/h1-2,7,9,12H,3-6,8H2,(H,17,20). The van der Waals surface area contributed by atoms with E-state index in [2.05, 4.69) is 15.2 Å². The summed E-state index contributed by atoms with van der Waals surface area (Å²) >= 11 is 1.25. The summed E-state index contributed by atoms with van der Waals surface area (Å²) in [6.45, 7) is 3.24. The molecule has 3 aliphatic rings. The van der Waals surface area contributed by atoms with Gasteiger partial charge in [-0.05, 0) is 50.0 Å². The molecule has 5 rings (SSSR count). The van der Waals surface area contributed by atoms with Gasteiger partial charge < -0.3 is 10.2 Å². The van der Waals surface area contributed by atoms with Crippen LogP contribution in [0.15, 0.2) is 18.2 Å². The highest BCUT2D eigenvalue weighted by molar-refractivity contribution is 7.20. The van der Waals surface area contributed by atoms with Gasteiger partial charge in [0.05, 0.1) is 10.2 Å². The van der Waals surface area contributed by atoms with Gasteiger partial charge in [0.2, 0.25) is 0 Å². The van der Waals surface area contributed by atoms with Gasteiger partial charge in [-0.25, -0.2) is 9.37 Å². The van der Waals surface area contributed by atoms with Crippen molar-refractivity contribution in [2.75, 3.05) is 19.6 Å². The number of hydrogen-bond donors (Lipinski definition) is 1. The van der Waals surface area contributed by atoms with Gasteiger partial charge in [0.25, 0.3) is 5.91 Å². The van der Waals surface area contributed by atoms with Crippen molar-refractivity contribution >= 4 is 27.5 Å². The third-order valence-electron chi connectivity index (χ3n) is 4.52. The second-order valence-electron chi connectivity index (χ2n) is 5.85. The summed E-state index contributed by atoms with van der Waals surface area (Å²) < 4.78 is 13.9. The van der Waals surface area contributed by atoms with E-state index in [1.807, 2.05) is 0 Å². The molecule has 1 N–H and O–H groups in total. The molecule has 0 aliphatic carbocycles. The SMILES string of the molecule is O=C(NC1CN2CCC1CC2)c1nc2ccc(F)cc2s1. The molecule has 1 atom stereocenters. The number of thiazole rings is 1. The zero-order valence-electron chi connectivity index (χ0n) is 11.5. The lowest BCUT2D eigenvalue weighted by Gasteiger charge is -2.44. The molecule has 21 heavy (non-hydrogen) atoms. The van der Waals surface area contributed by atoms with Gasteiger partial charge in [-0.3, -0.25) is 4.79 Å². The molecule has 6 heteroatoms. The summed E-state index contributed by atoms with van der Waals surface area (Å²) in [5.74, 6) is 0.164. The number of piperidine rings is 3. The first kappa shape index (κ1) is 13.2. The van der Waals surface area contributed by atoms with Gasteiger partial charge in [0.1, 0.15) is 5.82 Å². The molecule has 3 saturated heterocycles. The van der Waals surface area contributed by atoms with Crippen molar-refractivity contribution in [2.24, 2.45) is 5.92 Å². The Kier molecular flexibility index (Phi) is 3.15. The van der Waals surface area contributed by atoms with Crippen LogP contribution in [0, 0.1) is 11.7 Å². The molecule has 0 saturated carbocycles. The molecule has 1 amide bonds. The van der Waals surface area contributed by atoms with E-state index in [9.17, 15) is 9.18 Å². The second kappa shape index (κ2) is 5.03. The van der Waals surface area contributed by atoms with Crippen molar-refractivity contribution in [1.82, 2.24) is 15.2 Å². The number of rotatable bonds is 2. The van der Waals surface area contributed by atoms with Gasteiger partial charge in [-0.15, -0.1) is 11.3 Å². The summed E-state index contributed by atoms with van der Waals surface area (Å²) in [5.41, 5.74) is 0.681. The number of amides is 1. The number of nitrogens with one attached hydrogen (secondary N) is 1. The van der Waals surface area contributed by atoms with Crippen LogP contribution in [0.3, 0.4) is 0 Å². The molecular formula is C15H16FN3OS. The van der Waals surface area contributed by atoms with Crippen molar-refractivity contribution in [3.63, 3.8) is 0 Å². The topological polar surface area (TPSA) is 45.2 Å². The Morgan fingerprint density at radius 1 is 1.38 bits per heavy atom. The van der Waals surface area contributed by atoms with Crippen molar-refractivity contribution in [3.05, 3.63) is 29.0 Å². The molecule has 4 nitrogen and oxygen atoms in total. The maximum atomic E-state index is 13.2. The van der Waals surface area contributed by atoms with Gasteiger partial charge in [0, 0.05) is 12.6 Å². The van der Waals surface area contributed by atoms with E-state index in [0.29, 0.717) is 21.1 Å². The van der Waals surface area contributed by atoms with E-state index in [0.717, 1.165) is 32.5 Å². The predicted molar refractivity (Wildman–Crippen MR) is 80.0 cm³/mol. The average molecular weight is 305 g/mol. The molecule has 0 spiro atoms. The van der Waals surface area contributed by atoms with Gasteiger partial charge in [-0.1, -0.05) is 0 Å². The molecule has 3 aliphatic heterocycles. The van der Waals surface area contributed by atoms with Crippen LogP contribution in [-0.4, -0.2) is 41.5 Å². The number of halogens is 1. The van der Waals surface area contributed by atoms with Gasteiger partial charge >= 0.3 is 0 Å². The minimum Gasteiger partial charge on any atom is -0.346 e. The van der Waals surface area contributed by atoms with Gasteiger partial charge in [-0.2, -0.15) is 0 Å². The zero-order valence-corrected chi connectivity index (χ0v) is 12.3. The first-order chi connectivity index (χ1) is 10.2. The average Bonchev–Trinajstić information content (AvgIpc) is 2.91. The fourth-order valence-electron chi connectivity index (χ4n) is 3.35. The van der Waals surface area contributed by atoms with E-state index in [4.69, 9.17) is 0 Å². The minimum atomic E-state index is -0.296. The maximum absolute atomic E-state index is 13.2. The molecule has 1 aromatic carbocycles. The summed E-state index contributed by atoms with van der Waals surface area (Å²) in [4.78, 5) is 19.1. The smallest absolute Gasteiger partial charge is 0.280 e. The second-order valence-corrected chi connectivity index (χ2v) is 6.88. The molecule has 4 heterocycles. The molecule has 1 unspecified atom stereocenters. The fraction of sp³-hybridized carbons (Fsp3) is 0.467. The van der Waals surface area contributed by atoms with Crippen LogP contribution < -0.4 is 5.32 Å². The Hall–Kier alpha value is -1.53. The number of aromatic nitrogens is 1. The Balaban J connectivity index is 1.53. The highest BCUT2D eigenvalue weighted by Gasteiger charge is 2.35. The van der Waals surface area contributed by atoms with Crippen LogP contribution in [-0.2, 0) is 0 Å². The Labute approximate surface area is 126 Å². The van der Waals surface area contributed by atoms with Crippen molar-refractivity contribution in [1.29, 1.82) is 0 Å². The highest BCUT2D eigenvalue weighted by Crippen LogP contribution is 2.28. The van der Waals surface area contributed by atoms with E-state index in [-0.39, 0.29) is 17.8 Å². The quantitative estimate of drug-likeness (QED) is 0.925.